The Bertz CT molecular complexity index is 745. The number of hydrogen-bond donors (Lipinski definition) is 2. The molecule has 2 rings (SSSR count). The third-order valence-electron chi connectivity index (χ3n) is 3.36. The Hall–Kier alpha value is -2.67. The van der Waals surface area contributed by atoms with Crippen LogP contribution >= 0.6 is 11.6 Å². The van der Waals surface area contributed by atoms with E-state index in [1.807, 2.05) is 0 Å². The molecule has 0 fully saturated rings. The highest BCUT2D eigenvalue weighted by atomic mass is 35.5. The van der Waals surface area contributed by atoms with E-state index in [1.165, 1.54) is 39.5 Å². The van der Waals surface area contributed by atoms with Crippen LogP contribution in [0.4, 0.5) is 14.9 Å². The third kappa shape index (κ3) is 4.67. The van der Waals surface area contributed by atoms with Crippen LogP contribution in [0.5, 0.6) is 17.2 Å². The number of benzene rings is 2. The summed E-state index contributed by atoms with van der Waals surface area (Å²) in [5, 5.41) is 5.19. The van der Waals surface area contributed by atoms with Gasteiger partial charge in [0.05, 0.1) is 26.4 Å². The van der Waals surface area contributed by atoms with Crippen molar-refractivity contribution in [3.63, 3.8) is 0 Å². The van der Waals surface area contributed by atoms with E-state index in [1.54, 1.807) is 12.1 Å². The minimum Gasteiger partial charge on any atom is -0.493 e. The van der Waals surface area contributed by atoms with Crippen LogP contribution in [0.2, 0.25) is 5.02 Å². The summed E-state index contributed by atoms with van der Waals surface area (Å²) in [6, 6.07) is 6.93. The van der Waals surface area contributed by atoms with Crippen molar-refractivity contribution in [3.8, 4) is 17.2 Å². The standard InChI is InChI=1S/C17H18ClFN2O4/c1-23-14-6-10(7-15(24-2)16(14)25-3)9-20-17(22)21-11-4-5-13(19)12(18)8-11/h4-8H,9H2,1-3H3,(H2,20,21,22). The molecule has 0 atom stereocenters. The minimum absolute atomic E-state index is 0.0672. The Balaban J connectivity index is 2.04. The first-order valence-corrected chi connectivity index (χ1v) is 7.65. The maximum absolute atomic E-state index is 13.1. The number of urea groups is 1. The largest absolute Gasteiger partial charge is 0.493 e. The lowest BCUT2D eigenvalue weighted by Crippen LogP contribution is -2.28. The van der Waals surface area contributed by atoms with Crippen LogP contribution in [0.25, 0.3) is 0 Å². The van der Waals surface area contributed by atoms with Crippen LogP contribution in [0.15, 0.2) is 30.3 Å². The molecule has 6 nitrogen and oxygen atoms in total. The maximum Gasteiger partial charge on any atom is 0.319 e. The van der Waals surface area contributed by atoms with E-state index >= 15 is 0 Å². The molecule has 0 aliphatic heterocycles. The molecule has 0 aliphatic rings. The van der Waals surface area contributed by atoms with E-state index in [9.17, 15) is 9.18 Å². The molecule has 2 amide bonds. The molecule has 0 saturated carbocycles. The number of nitrogens with one attached hydrogen (secondary N) is 2. The van der Waals surface area contributed by atoms with Crippen molar-refractivity contribution in [2.45, 2.75) is 6.54 Å². The molecule has 2 aromatic rings. The predicted molar refractivity (Wildman–Crippen MR) is 93.4 cm³/mol. The number of methoxy groups -OCH3 is 3. The van der Waals surface area contributed by atoms with Crippen LogP contribution < -0.4 is 24.8 Å². The molecule has 8 heteroatoms. The van der Waals surface area contributed by atoms with Crippen LogP contribution in [0, 0.1) is 5.82 Å². The van der Waals surface area contributed by atoms with Crippen molar-refractivity contribution in [2.24, 2.45) is 0 Å². The Morgan fingerprint density at radius 3 is 2.24 bits per heavy atom. The first kappa shape index (κ1) is 18.7. The van der Waals surface area contributed by atoms with E-state index in [2.05, 4.69) is 10.6 Å². The van der Waals surface area contributed by atoms with E-state index in [0.717, 1.165) is 5.56 Å². The van der Waals surface area contributed by atoms with Gasteiger partial charge in [-0.3, -0.25) is 0 Å². The second kappa shape index (κ2) is 8.43. The Labute approximate surface area is 149 Å². The van der Waals surface area contributed by atoms with Crippen LogP contribution in [-0.4, -0.2) is 27.4 Å². The quantitative estimate of drug-likeness (QED) is 0.813. The van der Waals surface area contributed by atoms with Gasteiger partial charge in [-0.2, -0.15) is 0 Å². The number of carbonyl (C=O) groups excluding carboxylic acids is 1. The molecule has 0 saturated heterocycles. The summed E-state index contributed by atoms with van der Waals surface area (Å²) in [6.07, 6.45) is 0. The molecule has 0 unspecified atom stereocenters. The zero-order chi connectivity index (χ0) is 18.4. The zero-order valence-corrected chi connectivity index (χ0v) is 14.7. The summed E-state index contributed by atoms with van der Waals surface area (Å²) in [4.78, 5) is 12.0. The van der Waals surface area contributed by atoms with Crippen molar-refractivity contribution in [1.82, 2.24) is 5.32 Å². The normalized spacial score (nSPS) is 10.1. The molecule has 0 radical (unpaired) electrons. The number of amides is 2. The Morgan fingerprint density at radius 1 is 1.08 bits per heavy atom. The molecule has 25 heavy (non-hydrogen) atoms. The molecular formula is C17H18ClFN2O4. The summed E-state index contributed by atoms with van der Waals surface area (Å²) >= 11 is 5.68. The second-order valence-corrected chi connectivity index (χ2v) is 5.38. The zero-order valence-electron chi connectivity index (χ0n) is 14.0. The number of anilines is 1. The van der Waals surface area contributed by atoms with Crippen molar-refractivity contribution in [2.75, 3.05) is 26.6 Å². The van der Waals surface area contributed by atoms with Gasteiger partial charge in [0.15, 0.2) is 11.5 Å². The van der Waals surface area contributed by atoms with Gasteiger partial charge in [0.25, 0.3) is 0 Å². The molecule has 2 aromatic carbocycles. The number of carbonyl (C=O) groups is 1. The SMILES string of the molecule is COc1cc(CNC(=O)Nc2ccc(F)c(Cl)c2)cc(OC)c1OC. The first-order chi connectivity index (χ1) is 12.0. The highest BCUT2D eigenvalue weighted by Gasteiger charge is 2.13. The van der Waals surface area contributed by atoms with E-state index in [-0.39, 0.29) is 11.6 Å². The Morgan fingerprint density at radius 2 is 1.72 bits per heavy atom. The monoisotopic (exact) mass is 368 g/mol. The van der Waals surface area contributed by atoms with E-state index < -0.39 is 11.8 Å². The van der Waals surface area contributed by atoms with E-state index in [4.69, 9.17) is 25.8 Å². The number of halogens is 2. The van der Waals surface area contributed by atoms with Gasteiger partial charge >= 0.3 is 6.03 Å². The number of hydrogen-bond acceptors (Lipinski definition) is 4. The fourth-order valence-corrected chi connectivity index (χ4v) is 2.35. The summed E-state index contributed by atoms with van der Waals surface area (Å²) in [6.45, 7) is 0.220. The van der Waals surface area contributed by atoms with Gasteiger partial charge in [-0.1, -0.05) is 11.6 Å². The molecule has 0 heterocycles. The van der Waals surface area contributed by atoms with Crippen LogP contribution in [0.3, 0.4) is 0 Å². The Kier molecular flexibility index (Phi) is 6.30. The molecule has 0 aromatic heterocycles. The van der Waals surface area contributed by atoms with Crippen molar-refractivity contribution >= 4 is 23.3 Å². The van der Waals surface area contributed by atoms with Crippen molar-refractivity contribution in [3.05, 3.63) is 46.7 Å². The fraction of sp³-hybridized carbons (Fsp3) is 0.235. The van der Waals surface area contributed by atoms with Crippen molar-refractivity contribution < 1.29 is 23.4 Å². The van der Waals surface area contributed by atoms with Crippen LogP contribution in [-0.2, 0) is 6.54 Å². The average Bonchev–Trinajstić information content (AvgIpc) is 2.62. The number of ether oxygens (including phenoxy) is 3. The molecule has 0 bridgehead atoms. The molecule has 0 spiro atoms. The van der Waals surface area contributed by atoms with Crippen LogP contribution in [0.1, 0.15) is 5.56 Å². The second-order valence-electron chi connectivity index (χ2n) is 4.97. The smallest absolute Gasteiger partial charge is 0.319 e. The summed E-state index contributed by atoms with van der Waals surface area (Å²) in [7, 11) is 4.54. The highest BCUT2D eigenvalue weighted by molar-refractivity contribution is 6.31. The lowest BCUT2D eigenvalue weighted by Gasteiger charge is -2.14. The predicted octanol–water partition coefficient (Wildman–Crippen LogP) is 3.83. The van der Waals surface area contributed by atoms with Gasteiger partial charge in [0.1, 0.15) is 5.82 Å². The highest BCUT2D eigenvalue weighted by Crippen LogP contribution is 2.38. The average molecular weight is 369 g/mol. The lowest BCUT2D eigenvalue weighted by atomic mass is 10.2. The minimum atomic E-state index is -0.551. The summed E-state index contributed by atoms with van der Waals surface area (Å²) < 4.78 is 28.9. The molecule has 2 N–H and O–H groups in total. The van der Waals surface area contributed by atoms with Gasteiger partial charge in [-0.25, -0.2) is 9.18 Å². The first-order valence-electron chi connectivity index (χ1n) is 7.27. The van der Waals surface area contributed by atoms with Gasteiger partial charge in [0, 0.05) is 12.2 Å². The fourth-order valence-electron chi connectivity index (χ4n) is 2.17. The summed E-state index contributed by atoms with van der Waals surface area (Å²) in [5.74, 6) is 0.901. The molecular weight excluding hydrogens is 351 g/mol. The van der Waals surface area contributed by atoms with Gasteiger partial charge < -0.3 is 24.8 Å². The van der Waals surface area contributed by atoms with Gasteiger partial charge in [-0.15, -0.1) is 0 Å². The third-order valence-corrected chi connectivity index (χ3v) is 3.64. The topological polar surface area (TPSA) is 68.8 Å². The van der Waals surface area contributed by atoms with Gasteiger partial charge in [0.2, 0.25) is 5.75 Å². The number of rotatable bonds is 6. The van der Waals surface area contributed by atoms with Crippen molar-refractivity contribution in [1.29, 1.82) is 0 Å². The molecule has 0 aliphatic carbocycles. The lowest BCUT2D eigenvalue weighted by molar-refractivity contribution is 0.251. The van der Waals surface area contributed by atoms with E-state index in [0.29, 0.717) is 22.9 Å². The summed E-state index contributed by atoms with van der Waals surface area (Å²) in [5.41, 5.74) is 1.13. The maximum atomic E-state index is 13.1. The molecule has 134 valence electrons. The van der Waals surface area contributed by atoms with Gasteiger partial charge in [-0.05, 0) is 35.9 Å².